The summed E-state index contributed by atoms with van der Waals surface area (Å²) in [6.07, 6.45) is 1.95. The molecule has 3 rings (SSSR count). The normalized spacial score (nSPS) is 10.8. The topological polar surface area (TPSA) is 26.5 Å². The summed E-state index contributed by atoms with van der Waals surface area (Å²) < 4.78 is 8.37. The number of nitrogens with zero attached hydrogens (tertiary/aromatic N) is 2. The fraction of sp³-hybridized carbons (Fsp3) is 0.0714. The largest absolute Gasteiger partial charge is 0.495 e. The number of fused-ring (bicyclic) bond motifs is 1. The van der Waals surface area contributed by atoms with Crippen molar-refractivity contribution in [1.82, 2.24) is 9.38 Å². The third kappa shape index (κ3) is 1.86. The molecule has 3 aromatic rings. The van der Waals surface area contributed by atoms with Gasteiger partial charge in [-0.1, -0.05) is 30.3 Å². The lowest BCUT2D eigenvalue weighted by molar-refractivity contribution is 0.412. The van der Waals surface area contributed by atoms with Crippen LogP contribution in [0.3, 0.4) is 0 Å². The highest BCUT2D eigenvalue weighted by Crippen LogP contribution is 2.26. The monoisotopic (exact) mass is 350 g/mol. The Morgan fingerprint density at radius 3 is 2.61 bits per heavy atom. The molecular weight excluding hydrogens is 339 g/mol. The average molecular weight is 350 g/mol. The van der Waals surface area contributed by atoms with Crippen LogP contribution in [-0.2, 0) is 0 Å². The van der Waals surface area contributed by atoms with E-state index in [1.165, 1.54) is 0 Å². The maximum atomic E-state index is 5.24. The van der Waals surface area contributed by atoms with E-state index >= 15 is 0 Å². The van der Waals surface area contributed by atoms with E-state index in [0.29, 0.717) is 0 Å². The Bertz CT molecular complexity index is 692. The van der Waals surface area contributed by atoms with Gasteiger partial charge in [0.25, 0.3) is 0 Å². The molecule has 0 saturated carbocycles. The second kappa shape index (κ2) is 4.61. The standard InChI is InChI=1S/C14H11IN2O/c1-18-11-7-8-12-16-13(14(15)17(12)9-11)10-5-3-2-4-6-10/h2-9H,1H3. The lowest BCUT2D eigenvalue weighted by atomic mass is 10.2. The number of ether oxygens (including phenoxy) is 1. The van der Waals surface area contributed by atoms with Gasteiger partial charge in [-0.2, -0.15) is 0 Å². The van der Waals surface area contributed by atoms with E-state index in [1.807, 2.05) is 40.9 Å². The predicted octanol–water partition coefficient (Wildman–Crippen LogP) is 3.61. The second-order valence-corrected chi connectivity index (χ2v) is 4.94. The van der Waals surface area contributed by atoms with Crippen LogP contribution in [0.15, 0.2) is 48.7 Å². The van der Waals surface area contributed by atoms with Gasteiger partial charge in [0.1, 0.15) is 20.8 Å². The fourth-order valence-corrected chi connectivity index (χ4v) is 2.72. The highest BCUT2D eigenvalue weighted by molar-refractivity contribution is 14.1. The number of imidazole rings is 1. The molecule has 0 unspecified atom stereocenters. The van der Waals surface area contributed by atoms with E-state index in [1.54, 1.807) is 7.11 Å². The number of halogens is 1. The number of methoxy groups -OCH3 is 1. The highest BCUT2D eigenvalue weighted by Gasteiger charge is 2.11. The maximum absolute atomic E-state index is 5.24. The van der Waals surface area contributed by atoms with Crippen LogP contribution in [0.25, 0.3) is 16.9 Å². The van der Waals surface area contributed by atoms with Crippen molar-refractivity contribution in [2.75, 3.05) is 7.11 Å². The zero-order valence-corrected chi connectivity index (χ0v) is 12.0. The third-order valence-electron chi connectivity index (χ3n) is 2.82. The van der Waals surface area contributed by atoms with Gasteiger partial charge in [-0.05, 0) is 34.7 Å². The third-order valence-corrected chi connectivity index (χ3v) is 3.85. The van der Waals surface area contributed by atoms with Crippen LogP contribution in [0.1, 0.15) is 0 Å². The quantitative estimate of drug-likeness (QED) is 0.660. The maximum Gasteiger partial charge on any atom is 0.138 e. The zero-order chi connectivity index (χ0) is 12.5. The van der Waals surface area contributed by atoms with Crippen molar-refractivity contribution in [3.05, 3.63) is 52.4 Å². The van der Waals surface area contributed by atoms with Crippen LogP contribution in [0, 0.1) is 3.70 Å². The molecule has 0 spiro atoms. The minimum atomic E-state index is 0.831. The molecule has 4 heteroatoms. The lowest BCUT2D eigenvalue weighted by Crippen LogP contribution is -1.90. The van der Waals surface area contributed by atoms with Crippen molar-refractivity contribution in [1.29, 1.82) is 0 Å². The molecule has 0 N–H and O–H groups in total. The SMILES string of the molecule is COc1ccc2nc(-c3ccccc3)c(I)n2c1. The number of pyridine rings is 1. The second-order valence-electron chi connectivity index (χ2n) is 3.91. The molecule has 2 heterocycles. The van der Waals surface area contributed by atoms with Gasteiger partial charge in [0.15, 0.2) is 0 Å². The molecule has 1 aromatic carbocycles. The molecule has 18 heavy (non-hydrogen) atoms. The number of rotatable bonds is 2. The summed E-state index contributed by atoms with van der Waals surface area (Å²) in [7, 11) is 1.67. The summed E-state index contributed by atoms with van der Waals surface area (Å²) in [5, 5.41) is 0. The Balaban J connectivity index is 2.23. The Hall–Kier alpha value is -1.56. The highest BCUT2D eigenvalue weighted by atomic mass is 127. The Labute approximate surface area is 119 Å². The summed E-state index contributed by atoms with van der Waals surface area (Å²) in [6.45, 7) is 0. The van der Waals surface area contributed by atoms with Crippen molar-refractivity contribution in [2.24, 2.45) is 0 Å². The molecule has 0 radical (unpaired) electrons. The number of hydrogen-bond acceptors (Lipinski definition) is 2. The van der Waals surface area contributed by atoms with Crippen molar-refractivity contribution in [3.63, 3.8) is 0 Å². The molecule has 0 bridgehead atoms. The smallest absolute Gasteiger partial charge is 0.138 e. The predicted molar refractivity (Wildman–Crippen MR) is 79.9 cm³/mol. The van der Waals surface area contributed by atoms with E-state index in [4.69, 9.17) is 4.74 Å². The first-order valence-corrected chi connectivity index (χ1v) is 6.64. The van der Waals surface area contributed by atoms with Gasteiger partial charge in [0.2, 0.25) is 0 Å². The minimum absolute atomic E-state index is 0.831. The van der Waals surface area contributed by atoms with E-state index in [0.717, 1.165) is 26.4 Å². The summed E-state index contributed by atoms with van der Waals surface area (Å²) in [4.78, 5) is 4.66. The van der Waals surface area contributed by atoms with E-state index in [9.17, 15) is 0 Å². The van der Waals surface area contributed by atoms with Crippen LogP contribution in [-0.4, -0.2) is 16.5 Å². The summed E-state index contributed by atoms with van der Waals surface area (Å²) in [5.41, 5.74) is 3.06. The Morgan fingerprint density at radius 1 is 1.11 bits per heavy atom. The lowest BCUT2D eigenvalue weighted by Gasteiger charge is -2.01. The van der Waals surface area contributed by atoms with Gasteiger partial charge < -0.3 is 4.74 Å². The fourth-order valence-electron chi connectivity index (χ4n) is 1.90. The van der Waals surface area contributed by atoms with Crippen molar-refractivity contribution >= 4 is 28.2 Å². The molecule has 0 aliphatic heterocycles. The molecule has 0 fully saturated rings. The van der Waals surface area contributed by atoms with Gasteiger partial charge in [0, 0.05) is 5.56 Å². The van der Waals surface area contributed by atoms with Gasteiger partial charge in [-0.25, -0.2) is 4.98 Å². The summed E-state index contributed by atoms with van der Waals surface area (Å²) >= 11 is 2.32. The number of aromatic nitrogens is 2. The van der Waals surface area contributed by atoms with Gasteiger partial charge in [-0.3, -0.25) is 4.40 Å². The number of hydrogen-bond donors (Lipinski definition) is 0. The van der Waals surface area contributed by atoms with Crippen LogP contribution >= 0.6 is 22.6 Å². The van der Waals surface area contributed by atoms with E-state index in [-0.39, 0.29) is 0 Å². The van der Waals surface area contributed by atoms with Crippen molar-refractivity contribution < 1.29 is 4.74 Å². The van der Waals surface area contributed by atoms with Crippen LogP contribution in [0.2, 0.25) is 0 Å². The van der Waals surface area contributed by atoms with Crippen LogP contribution in [0.5, 0.6) is 5.75 Å². The molecule has 0 aliphatic carbocycles. The number of benzene rings is 1. The van der Waals surface area contributed by atoms with Crippen LogP contribution < -0.4 is 4.74 Å². The molecule has 3 nitrogen and oxygen atoms in total. The summed E-state index contributed by atoms with van der Waals surface area (Å²) in [6, 6.07) is 14.1. The first-order chi connectivity index (χ1) is 8.79. The minimum Gasteiger partial charge on any atom is -0.495 e. The molecule has 90 valence electrons. The first kappa shape index (κ1) is 11.5. The van der Waals surface area contributed by atoms with E-state index < -0.39 is 0 Å². The molecule has 0 saturated heterocycles. The molecule has 0 aliphatic rings. The van der Waals surface area contributed by atoms with Crippen LogP contribution in [0.4, 0.5) is 0 Å². The molecule has 0 amide bonds. The molecular formula is C14H11IN2O. The summed E-state index contributed by atoms with van der Waals surface area (Å²) in [5.74, 6) is 0.831. The Morgan fingerprint density at radius 2 is 1.89 bits per heavy atom. The molecule has 0 atom stereocenters. The average Bonchev–Trinajstić information content (AvgIpc) is 2.77. The van der Waals surface area contributed by atoms with Crippen molar-refractivity contribution in [2.45, 2.75) is 0 Å². The van der Waals surface area contributed by atoms with Gasteiger partial charge >= 0.3 is 0 Å². The zero-order valence-electron chi connectivity index (χ0n) is 9.80. The van der Waals surface area contributed by atoms with Gasteiger partial charge in [0.05, 0.1) is 13.3 Å². The van der Waals surface area contributed by atoms with Crippen molar-refractivity contribution in [3.8, 4) is 17.0 Å². The molecule has 2 aromatic heterocycles. The van der Waals surface area contributed by atoms with Gasteiger partial charge in [-0.15, -0.1) is 0 Å². The Kier molecular flexibility index (Phi) is 2.95. The first-order valence-electron chi connectivity index (χ1n) is 5.56. The van der Waals surface area contributed by atoms with E-state index in [2.05, 4.69) is 39.7 Å².